The fourth-order valence-electron chi connectivity index (χ4n) is 1.96. The third kappa shape index (κ3) is 1.66. The normalized spacial score (nSPS) is 31.4. The number of ketones is 1. The van der Waals surface area contributed by atoms with Crippen molar-refractivity contribution in [2.45, 2.75) is 18.9 Å². The smallest absolute Gasteiger partial charge is 0.230 e. The molecule has 6 heteroatoms. The van der Waals surface area contributed by atoms with Gasteiger partial charge in [-0.2, -0.15) is 0 Å². The van der Waals surface area contributed by atoms with Crippen LogP contribution in [0.25, 0.3) is 0 Å². The molecule has 0 N–H and O–H groups in total. The number of carbonyl (C=O) groups excluding carboxylic acids is 2. The molecule has 2 fully saturated rings. The molecule has 0 radical (unpaired) electrons. The molecule has 2 heterocycles. The summed E-state index contributed by atoms with van der Waals surface area (Å²) in [4.78, 5) is 23.7. The van der Waals surface area contributed by atoms with Crippen molar-refractivity contribution in [1.82, 2.24) is 4.90 Å². The van der Waals surface area contributed by atoms with Crippen LogP contribution in [-0.2, 0) is 19.4 Å². The first-order valence-electron chi connectivity index (χ1n) is 4.49. The van der Waals surface area contributed by atoms with Crippen molar-refractivity contribution >= 4 is 21.5 Å². The van der Waals surface area contributed by atoms with Crippen LogP contribution >= 0.6 is 0 Å². The molecule has 1 unspecified atom stereocenters. The Morgan fingerprint density at radius 3 is 2.43 bits per heavy atom. The Bertz CT molecular complexity index is 386. The summed E-state index contributed by atoms with van der Waals surface area (Å²) < 4.78 is 22.3. The van der Waals surface area contributed by atoms with Gasteiger partial charge in [0.2, 0.25) is 5.91 Å². The average Bonchev–Trinajstić information content (AvgIpc) is 2.55. The van der Waals surface area contributed by atoms with Gasteiger partial charge in [-0.25, -0.2) is 8.42 Å². The van der Waals surface area contributed by atoms with E-state index in [1.165, 1.54) is 4.90 Å². The second-order valence-electron chi connectivity index (χ2n) is 3.79. The van der Waals surface area contributed by atoms with Gasteiger partial charge in [0.25, 0.3) is 0 Å². The summed E-state index contributed by atoms with van der Waals surface area (Å²) in [5.41, 5.74) is 0. The van der Waals surface area contributed by atoms with Crippen molar-refractivity contribution in [3.63, 3.8) is 0 Å². The molecule has 0 aromatic rings. The fraction of sp³-hybridized carbons (Fsp3) is 0.750. The zero-order valence-electron chi connectivity index (χ0n) is 7.60. The summed E-state index contributed by atoms with van der Waals surface area (Å²) >= 11 is 0. The monoisotopic (exact) mass is 217 g/mol. The van der Waals surface area contributed by atoms with Crippen molar-refractivity contribution in [3.05, 3.63) is 0 Å². The highest BCUT2D eigenvalue weighted by molar-refractivity contribution is 7.91. The van der Waals surface area contributed by atoms with Gasteiger partial charge >= 0.3 is 0 Å². The van der Waals surface area contributed by atoms with Crippen LogP contribution in [0.15, 0.2) is 0 Å². The summed E-state index contributed by atoms with van der Waals surface area (Å²) in [5.74, 6) is -0.182. The van der Waals surface area contributed by atoms with Gasteiger partial charge < -0.3 is 4.90 Å². The van der Waals surface area contributed by atoms with Crippen LogP contribution in [0.5, 0.6) is 0 Å². The summed E-state index contributed by atoms with van der Waals surface area (Å²) in [7, 11) is -2.98. The van der Waals surface area contributed by atoms with E-state index in [0.717, 1.165) is 0 Å². The molecule has 2 aliphatic heterocycles. The highest BCUT2D eigenvalue weighted by atomic mass is 32.2. The average molecular weight is 217 g/mol. The second kappa shape index (κ2) is 3.05. The number of amides is 1. The molecule has 0 aromatic heterocycles. The van der Waals surface area contributed by atoms with Crippen LogP contribution in [-0.4, -0.2) is 49.1 Å². The molecule has 1 amide bonds. The maximum atomic E-state index is 11.3. The van der Waals surface area contributed by atoms with Crippen molar-refractivity contribution in [2.24, 2.45) is 0 Å². The predicted octanol–water partition coefficient (Wildman–Crippen LogP) is -1.03. The third-order valence-electron chi connectivity index (χ3n) is 2.66. The third-order valence-corrected chi connectivity index (χ3v) is 4.41. The number of sulfone groups is 1. The number of rotatable bonds is 1. The maximum absolute atomic E-state index is 11.3. The van der Waals surface area contributed by atoms with E-state index in [1.807, 2.05) is 0 Å². The van der Waals surface area contributed by atoms with Crippen molar-refractivity contribution in [3.8, 4) is 0 Å². The lowest BCUT2D eigenvalue weighted by atomic mass is 10.2. The van der Waals surface area contributed by atoms with E-state index in [4.69, 9.17) is 0 Å². The number of Topliss-reactive ketones (excluding diaryl/α,β-unsaturated/α-hetero) is 1. The number of likely N-dealkylation sites (tertiary alicyclic amines) is 1. The standard InChI is InChI=1S/C8H11NO4S/c10-7-3-8(11)9(4-7)6-1-2-14(12,13)5-6/h6H,1-5H2. The summed E-state index contributed by atoms with van der Waals surface area (Å²) in [6.07, 6.45) is 0.415. The Balaban J connectivity index is 2.11. The molecular formula is C8H11NO4S. The SMILES string of the molecule is O=C1CC(=O)N(C2CCS(=O)(=O)C2)C1. The van der Waals surface area contributed by atoms with E-state index < -0.39 is 9.84 Å². The van der Waals surface area contributed by atoms with Gasteiger partial charge in [-0.05, 0) is 6.42 Å². The minimum atomic E-state index is -2.98. The van der Waals surface area contributed by atoms with Gasteiger partial charge in [-0.3, -0.25) is 9.59 Å². The van der Waals surface area contributed by atoms with E-state index in [-0.39, 0.29) is 42.2 Å². The second-order valence-corrected chi connectivity index (χ2v) is 6.02. The van der Waals surface area contributed by atoms with Crippen LogP contribution in [0.3, 0.4) is 0 Å². The van der Waals surface area contributed by atoms with Crippen molar-refractivity contribution < 1.29 is 18.0 Å². The largest absolute Gasteiger partial charge is 0.331 e. The Hall–Kier alpha value is -0.910. The van der Waals surface area contributed by atoms with Crippen LogP contribution in [0.1, 0.15) is 12.8 Å². The van der Waals surface area contributed by atoms with E-state index >= 15 is 0 Å². The Labute approximate surface area is 82.0 Å². The van der Waals surface area contributed by atoms with Crippen molar-refractivity contribution in [2.75, 3.05) is 18.1 Å². The molecule has 2 aliphatic rings. The van der Waals surface area contributed by atoms with E-state index in [1.54, 1.807) is 0 Å². The Morgan fingerprint density at radius 2 is 2.00 bits per heavy atom. The first-order valence-corrected chi connectivity index (χ1v) is 6.32. The lowest BCUT2D eigenvalue weighted by molar-refractivity contribution is -0.129. The van der Waals surface area contributed by atoms with Gasteiger partial charge in [-0.15, -0.1) is 0 Å². The predicted molar refractivity (Wildman–Crippen MR) is 48.4 cm³/mol. The molecule has 0 aromatic carbocycles. The molecular weight excluding hydrogens is 206 g/mol. The number of carbonyl (C=O) groups is 2. The van der Waals surface area contributed by atoms with Crippen molar-refractivity contribution in [1.29, 1.82) is 0 Å². The van der Waals surface area contributed by atoms with E-state index in [9.17, 15) is 18.0 Å². The topological polar surface area (TPSA) is 71.5 Å². The molecule has 2 rings (SSSR count). The van der Waals surface area contributed by atoms with Crippen LogP contribution in [0.4, 0.5) is 0 Å². The summed E-state index contributed by atoms with van der Waals surface area (Å²) in [6.45, 7) is 0.0963. The minimum absolute atomic E-state index is 0.0199. The van der Waals surface area contributed by atoms with Gasteiger partial charge in [0.1, 0.15) is 0 Å². The highest BCUT2D eigenvalue weighted by Crippen LogP contribution is 2.21. The summed E-state index contributed by atoms with van der Waals surface area (Å²) in [5, 5.41) is 0. The van der Waals surface area contributed by atoms with E-state index in [2.05, 4.69) is 0 Å². The van der Waals surface area contributed by atoms with Gasteiger partial charge in [-0.1, -0.05) is 0 Å². The molecule has 2 saturated heterocycles. The molecule has 0 saturated carbocycles. The summed E-state index contributed by atoms with van der Waals surface area (Å²) in [6, 6.07) is -0.265. The molecule has 0 spiro atoms. The number of hydrogen-bond acceptors (Lipinski definition) is 4. The van der Waals surface area contributed by atoms with Gasteiger partial charge in [0.05, 0.1) is 24.5 Å². The first kappa shape index (κ1) is 9.64. The maximum Gasteiger partial charge on any atom is 0.230 e. The first-order chi connectivity index (χ1) is 6.48. The van der Waals surface area contributed by atoms with Crippen LogP contribution < -0.4 is 0 Å². The van der Waals surface area contributed by atoms with Crippen LogP contribution in [0.2, 0.25) is 0 Å². The zero-order chi connectivity index (χ0) is 10.3. The Morgan fingerprint density at radius 1 is 1.29 bits per heavy atom. The minimum Gasteiger partial charge on any atom is -0.331 e. The number of hydrogen-bond donors (Lipinski definition) is 0. The van der Waals surface area contributed by atoms with Gasteiger partial charge in [0, 0.05) is 6.04 Å². The fourth-order valence-corrected chi connectivity index (χ4v) is 3.69. The lowest BCUT2D eigenvalue weighted by Gasteiger charge is -2.20. The molecule has 78 valence electrons. The van der Waals surface area contributed by atoms with Crippen LogP contribution in [0, 0.1) is 0 Å². The molecule has 1 atom stereocenters. The molecule has 5 nitrogen and oxygen atoms in total. The molecule has 0 aliphatic carbocycles. The Kier molecular flexibility index (Phi) is 2.10. The molecule has 0 bridgehead atoms. The molecule has 14 heavy (non-hydrogen) atoms. The highest BCUT2D eigenvalue weighted by Gasteiger charge is 2.38. The van der Waals surface area contributed by atoms with Gasteiger partial charge in [0.15, 0.2) is 15.6 Å². The zero-order valence-corrected chi connectivity index (χ0v) is 8.42. The number of nitrogens with zero attached hydrogens (tertiary/aromatic N) is 1. The quantitative estimate of drug-likeness (QED) is 0.527. The van der Waals surface area contributed by atoms with E-state index in [0.29, 0.717) is 6.42 Å². The lowest BCUT2D eigenvalue weighted by Crippen LogP contribution is -2.37.